The Kier molecular flexibility index (Phi) is 4.85. The molecule has 0 aromatic heterocycles. The Balaban J connectivity index is 0.000000423. The number of hydrogen-bond donors (Lipinski definition) is 2. The predicted octanol–water partition coefficient (Wildman–Crippen LogP) is 2.78. The molecule has 1 rings (SSSR count). The highest BCUT2D eigenvalue weighted by atomic mass is 16.4. The van der Waals surface area contributed by atoms with E-state index in [0.29, 0.717) is 5.75 Å². The fourth-order valence-electron chi connectivity index (χ4n) is 1.11. The van der Waals surface area contributed by atoms with Crippen LogP contribution >= 0.6 is 0 Å². The maximum absolute atomic E-state index is 9.45. The smallest absolute Gasteiger partial charge is 0.300 e. The largest absolute Gasteiger partial charge is 0.508 e. The lowest BCUT2D eigenvalue weighted by molar-refractivity contribution is -0.134. The van der Waals surface area contributed by atoms with Crippen molar-refractivity contribution < 1.29 is 15.0 Å². The fourth-order valence-corrected chi connectivity index (χ4v) is 1.11. The monoisotopic (exact) mass is 210 g/mol. The Bertz CT molecular complexity index is 320. The molecule has 0 radical (unpaired) electrons. The first-order valence-corrected chi connectivity index (χ1v) is 4.73. The number of phenolic OH excluding ortho intramolecular Hbond substituents is 1. The number of hydrogen-bond acceptors (Lipinski definition) is 2. The zero-order valence-corrected chi connectivity index (χ0v) is 9.61. The van der Waals surface area contributed by atoms with E-state index >= 15 is 0 Å². The second-order valence-corrected chi connectivity index (χ2v) is 4.29. The molecule has 3 heteroatoms. The van der Waals surface area contributed by atoms with Gasteiger partial charge in [-0.3, -0.25) is 4.79 Å². The van der Waals surface area contributed by atoms with Crippen LogP contribution in [0.2, 0.25) is 0 Å². The van der Waals surface area contributed by atoms with E-state index in [2.05, 4.69) is 20.8 Å². The Labute approximate surface area is 90.4 Å². The van der Waals surface area contributed by atoms with Crippen LogP contribution in [0.1, 0.15) is 33.3 Å². The number of aromatic hydroxyl groups is 1. The summed E-state index contributed by atoms with van der Waals surface area (Å²) in [5.74, 6) is -0.444. The summed E-state index contributed by atoms with van der Waals surface area (Å²) in [6.45, 7) is 7.34. The van der Waals surface area contributed by atoms with Crippen LogP contribution in [-0.4, -0.2) is 16.2 Å². The highest BCUT2D eigenvalue weighted by molar-refractivity contribution is 5.62. The summed E-state index contributed by atoms with van der Waals surface area (Å²) in [5, 5.41) is 16.9. The van der Waals surface area contributed by atoms with E-state index in [1.165, 1.54) is 0 Å². The molecule has 0 unspecified atom stereocenters. The van der Waals surface area contributed by atoms with Crippen LogP contribution < -0.4 is 0 Å². The number of carboxylic acid groups (broad SMARTS) is 1. The molecule has 0 amide bonds. The first-order valence-electron chi connectivity index (χ1n) is 4.73. The van der Waals surface area contributed by atoms with Crippen molar-refractivity contribution in [2.24, 2.45) is 0 Å². The molecule has 15 heavy (non-hydrogen) atoms. The molecule has 0 bridgehead atoms. The molecule has 2 N–H and O–H groups in total. The fraction of sp³-hybridized carbons (Fsp3) is 0.417. The summed E-state index contributed by atoms with van der Waals surface area (Å²) in [4.78, 5) is 9.00. The molecule has 3 nitrogen and oxygen atoms in total. The molecule has 0 saturated heterocycles. The first-order chi connectivity index (χ1) is 6.75. The molecule has 0 aliphatic rings. The molecule has 1 aromatic carbocycles. The minimum Gasteiger partial charge on any atom is -0.508 e. The van der Waals surface area contributed by atoms with E-state index in [1.54, 1.807) is 6.07 Å². The van der Waals surface area contributed by atoms with Crippen LogP contribution in [0.4, 0.5) is 0 Å². The topological polar surface area (TPSA) is 57.5 Å². The summed E-state index contributed by atoms with van der Waals surface area (Å²) >= 11 is 0. The summed E-state index contributed by atoms with van der Waals surface area (Å²) in [6.07, 6.45) is 0. The number of carboxylic acids is 1. The van der Waals surface area contributed by atoms with Gasteiger partial charge in [-0.2, -0.15) is 0 Å². The van der Waals surface area contributed by atoms with Gasteiger partial charge in [-0.1, -0.05) is 39.0 Å². The van der Waals surface area contributed by atoms with Gasteiger partial charge in [0.25, 0.3) is 5.97 Å². The van der Waals surface area contributed by atoms with E-state index in [9.17, 15) is 5.11 Å². The molecule has 0 saturated carbocycles. The van der Waals surface area contributed by atoms with Gasteiger partial charge in [-0.05, 0) is 17.0 Å². The highest BCUT2D eigenvalue weighted by Crippen LogP contribution is 2.29. The minimum absolute atomic E-state index is 0.0331. The van der Waals surface area contributed by atoms with Crippen molar-refractivity contribution in [1.82, 2.24) is 0 Å². The normalized spacial score (nSPS) is 10.1. The standard InChI is InChI=1S/C10H14O.C2H4O2/c1-10(2,3)8-6-4-5-7-9(8)11;1-2(3)4/h4-7,11H,1-3H3;1H3,(H,3,4). The van der Waals surface area contributed by atoms with Crippen LogP contribution in [-0.2, 0) is 10.2 Å². The SMILES string of the molecule is CC(=O)O.CC(C)(C)c1ccccc1O. The summed E-state index contributed by atoms with van der Waals surface area (Å²) < 4.78 is 0. The second kappa shape index (κ2) is 5.39. The maximum Gasteiger partial charge on any atom is 0.300 e. The molecule has 84 valence electrons. The van der Waals surface area contributed by atoms with Crippen LogP contribution in [0.3, 0.4) is 0 Å². The lowest BCUT2D eigenvalue weighted by atomic mass is 9.86. The summed E-state index contributed by atoms with van der Waals surface area (Å²) in [5.41, 5.74) is 1.03. The number of carbonyl (C=O) groups is 1. The van der Waals surface area contributed by atoms with Crippen LogP contribution in [0.15, 0.2) is 24.3 Å². The molecular weight excluding hydrogens is 192 g/mol. The van der Waals surface area contributed by atoms with Crippen molar-refractivity contribution in [3.05, 3.63) is 29.8 Å². The third-order valence-corrected chi connectivity index (χ3v) is 1.71. The van der Waals surface area contributed by atoms with Gasteiger partial charge in [0.05, 0.1) is 0 Å². The molecule has 0 aliphatic carbocycles. The van der Waals surface area contributed by atoms with Gasteiger partial charge in [0.1, 0.15) is 5.75 Å². The second-order valence-electron chi connectivity index (χ2n) is 4.29. The number of benzene rings is 1. The third-order valence-electron chi connectivity index (χ3n) is 1.71. The van der Waals surface area contributed by atoms with Gasteiger partial charge < -0.3 is 10.2 Å². The van der Waals surface area contributed by atoms with Crippen molar-refractivity contribution in [3.8, 4) is 5.75 Å². The van der Waals surface area contributed by atoms with Gasteiger partial charge in [0, 0.05) is 6.92 Å². The van der Waals surface area contributed by atoms with Gasteiger partial charge in [0.2, 0.25) is 0 Å². The molecule has 0 heterocycles. The van der Waals surface area contributed by atoms with Gasteiger partial charge in [-0.25, -0.2) is 0 Å². The summed E-state index contributed by atoms with van der Waals surface area (Å²) in [6, 6.07) is 7.46. The number of para-hydroxylation sites is 1. The highest BCUT2D eigenvalue weighted by Gasteiger charge is 2.16. The average Bonchev–Trinajstić information content (AvgIpc) is 2.01. The zero-order valence-electron chi connectivity index (χ0n) is 9.61. The van der Waals surface area contributed by atoms with E-state index in [0.717, 1.165) is 12.5 Å². The van der Waals surface area contributed by atoms with E-state index in [4.69, 9.17) is 9.90 Å². The lowest BCUT2D eigenvalue weighted by Gasteiger charge is -2.19. The lowest BCUT2D eigenvalue weighted by Crippen LogP contribution is -2.10. The first kappa shape index (κ1) is 13.5. The molecule has 0 fully saturated rings. The van der Waals surface area contributed by atoms with Crippen LogP contribution in [0.5, 0.6) is 5.75 Å². The Hall–Kier alpha value is -1.51. The minimum atomic E-state index is -0.833. The zero-order chi connectivity index (χ0) is 12.1. The van der Waals surface area contributed by atoms with Crippen LogP contribution in [0.25, 0.3) is 0 Å². The maximum atomic E-state index is 9.45. The van der Waals surface area contributed by atoms with Crippen molar-refractivity contribution in [1.29, 1.82) is 0 Å². The van der Waals surface area contributed by atoms with Gasteiger partial charge >= 0.3 is 0 Å². The number of aliphatic carboxylic acids is 1. The molecule has 1 aromatic rings. The van der Waals surface area contributed by atoms with E-state index in [-0.39, 0.29) is 5.41 Å². The van der Waals surface area contributed by atoms with E-state index in [1.807, 2.05) is 18.2 Å². The molecule has 0 spiro atoms. The number of rotatable bonds is 0. The van der Waals surface area contributed by atoms with Gasteiger partial charge in [-0.15, -0.1) is 0 Å². The number of phenols is 1. The third kappa shape index (κ3) is 5.73. The molecular formula is C12H18O3. The predicted molar refractivity (Wildman–Crippen MR) is 60.1 cm³/mol. The molecule has 0 aliphatic heterocycles. The summed E-state index contributed by atoms with van der Waals surface area (Å²) in [7, 11) is 0. The quantitative estimate of drug-likeness (QED) is 0.692. The Morgan fingerprint density at radius 3 is 1.87 bits per heavy atom. The van der Waals surface area contributed by atoms with Crippen molar-refractivity contribution >= 4 is 5.97 Å². The van der Waals surface area contributed by atoms with Crippen molar-refractivity contribution in [2.75, 3.05) is 0 Å². The Morgan fingerprint density at radius 2 is 1.60 bits per heavy atom. The van der Waals surface area contributed by atoms with E-state index < -0.39 is 5.97 Å². The average molecular weight is 210 g/mol. The Morgan fingerprint density at radius 1 is 1.20 bits per heavy atom. The molecule has 0 atom stereocenters. The van der Waals surface area contributed by atoms with Crippen molar-refractivity contribution in [2.45, 2.75) is 33.1 Å². The van der Waals surface area contributed by atoms with Crippen LogP contribution in [0, 0.1) is 0 Å². The van der Waals surface area contributed by atoms with Gasteiger partial charge in [0.15, 0.2) is 0 Å². The van der Waals surface area contributed by atoms with Crippen molar-refractivity contribution in [3.63, 3.8) is 0 Å².